The maximum atomic E-state index is 12.2. The number of rotatable bonds is 6. The highest BCUT2D eigenvalue weighted by atomic mass is 16.3. The maximum absolute atomic E-state index is 12.2. The Morgan fingerprint density at radius 1 is 1.13 bits per heavy atom. The molecule has 0 radical (unpaired) electrons. The zero-order chi connectivity index (χ0) is 16.1. The molecule has 1 unspecified atom stereocenters. The molecule has 1 saturated carbocycles. The summed E-state index contributed by atoms with van der Waals surface area (Å²) in [4.78, 5) is 14.6. The van der Waals surface area contributed by atoms with E-state index in [0.29, 0.717) is 6.54 Å². The fraction of sp³-hybridized carbons (Fsp3) is 0.632. The zero-order valence-electron chi connectivity index (χ0n) is 13.8. The number of amides is 1. The Morgan fingerprint density at radius 2 is 1.87 bits per heavy atom. The number of hydrogen-bond donors (Lipinski definition) is 2. The molecule has 1 saturated heterocycles. The van der Waals surface area contributed by atoms with Crippen LogP contribution in [0.5, 0.6) is 0 Å². The summed E-state index contributed by atoms with van der Waals surface area (Å²) in [6.45, 7) is 2.76. The van der Waals surface area contributed by atoms with Gasteiger partial charge in [-0.3, -0.25) is 9.69 Å². The first-order chi connectivity index (χ1) is 11.3. The molecule has 1 amide bonds. The van der Waals surface area contributed by atoms with Crippen LogP contribution in [-0.4, -0.2) is 35.1 Å². The van der Waals surface area contributed by atoms with Crippen LogP contribution in [0.25, 0.3) is 0 Å². The van der Waals surface area contributed by atoms with Gasteiger partial charge in [0.15, 0.2) is 0 Å². The molecule has 23 heavy (non-hydrogen) atoms. The van der Waals surface area contributed by atoms with Gasteiger partial charge in [-0.05, 0) is 43.4 Å². The molecule has 126 valence electrons. The average Bonchev–Trinajstić information content (AvgIpc) is 3.25. The first kappa shape index (κ1) is 16.5. The fourth-order valence-corrected chi connectivity index (χ4v) is 3.93. The Bertz CT molecular complexity index is 526. The zero-order valence-corrected chi connectivity index (χ0v) is 13.8. The minimum atomic E-state index is 0.215. The van der Waals surface area contributed by atoms with Crippen molar-refractivity contribution in [1.29, 1.82) is 0 Å². The molecular formula is C19H28N2O2. The van der Waals surface area contributed by atoms with Crippen LogP contribution in [0.1, 0.15) is 49.7 Å². The standard InChI is InChI=1S/C19H28N2O2/c22-14-18-10-5-11-21(18)13-17-9-4-3-8-16(17)12-20-19(23)15-6-1-2-7-15/h3-4,8-9,15,18,22H,1-2,5-7,10-14H2,(H,20,23). The third-order valence-corrected chi connectivity index (χ3v) is 5.38. The topological polar surface area (TPSA) is 52.6 Å². The third-order valence-electron chi connectivity index (χ3n) is 5.38. The van der Waals surface area contributed by atoms with E-state index in [2.05, 4.69) is 28.4 Å². The lowest BCUT2D eigenvalue weighted by molar-refractivity contribution is -0.124. The van der Waals surface area contributed by atoms with Crippen LogP contribution in [-0.2, 0) is 17.9 Å². The van der Waals surface area contributed by atoms with E-state index in [1.54, 1.807) is 0 Å². The number of likely N-dealkylation sites (tertiary alicyclic amines) is 1. The summed E-state index contributed by atoms with van der Waals surface area (Å²) >= 11 is 0. The Kier molecular flexibility index (Phi) is 5.68. The van der Waals surface area contributed by atoms with Crippen molar-refractivity contribution < 1.29 is 9.90 Å². The highest BCUT2D eigenvalue weighted by Crippen LogP contribution is 2.25. The van der Waals surface area contributed by atoms with E-state index in [1.807, 2.05) is 6.07 Å². The first-order valence-corrected chi connectivity index (χ1v) is 8.97. The Hall–Kier alpha value is -1.39. The summed E-state index contributed by atoms with van der Waals surface area (Å²) in [6.07, 6.45) is 6.69. The highest BCUT2D eigenvalue weighted by molar-refractivity contribution is 5.78. The van der Waals surface area contributed by atoms with Crippen molar-refractivity contribution in [3.05, 3.63) is 35.4 Å². The minimum absolute atomic E-state index is 0.215. The molecule has 2 aliphatic rings. The van der Waals surface area contributed by atoms with Crippen LogP contribution in [0, 0.1) is 5.92 Å². The van der Waals surface area contributed by atoms with Crippen molar-refractivity contribution >= 4 is 5.91 Å². The van der Waals surface area contributed by atoms with E-state index < -0.39 is 0 Å². The predicted octanol–water partition coefficient (Wildman–Crippen LogP) is 2.45. The van der Waals surface area contributed by atoms with Crippen molar-refractivity contribution in [2.24, 2.45) is 5.92 Å². The molecule has 4 heteroatoms. The number of aliphatic hydroxyl groups excluding tert-OH is 1. The molecule has 1 atom stereocenters. The molecule has 2 N–H and O–H groups in total. The maximum Gasteiger partial charge on any atom is 0.223 e. The largest absolute Gasteiger partial charge is 0.395 e. The number of carbonyl (C=O) groups excluding carboxylic acids is 1. The summed E-state index contributed by atoms with van der Waals surface area (Å²) in [5.74, 6) is 0.436. The van der Waals surface area contributed by atoms with Crippen molar-refractivity contribution in [2.45, 2.75) is 57.7 Å². The Balaban J connectivity index is 1.60. The van der Waals surface area contributed by atoms with Gasteiger partial charge in [0.1, 0.15) is 0 Å². The molecule has 1 heterocycles. The van der Waals surface area contributed by atoms with Gasteiger partial charge in [0, 0.05) is 25.0 Å². The number of benzene rings is 1. The minimum Gasteiger partial charge on any atom is -0.395 e. The lowest BCUT2D eigenvalue weighted by Gasteiger charge is -2.24. The Labute approximate surface area is 138 Å². The van der Waals surface area contributed by atoms with Gasteiger partial charge in [0.05, 0.1) is 6.61 Å². The van der Waals surface area contributed by atoms with Gasteiger partial charge in [0.2, 0.25) is 5.91 Å². The molecule has 4 nitrogen and oxygen atoms in total. The van der Waals surface area contributed by atoms with Gasteiger partial charge in [-0.15, -0.1) is 0 Å². The second-order valence-corrected chi connectivity index (χ2v) is 6.92. The summed E-state index contributed by atoms with van der Waals surface area (Å²) in [5, 5.41) is 12.6. The van der Waals surface area contributed by atoms with Gasteiger partial charge in [-0.25, -0.2) is 0 Å². The van der Waals surface area contributed by atoms with Crippen molar-refractivity contribution in [2.75, 3.05) is 13.2 Å². The molecule has 0 spiro atoms. The van der Waals surface area contributed by atoms with E-state index in [9.17, 15) is 9.90 Å². The van der Waals surface area contributed by atoms with E-state index in [1.165, 1.54) is 24.0 Å². The van der Waals surface area contributed by atoms with Gasteiger partial charge < -0.3 is 10.4 Å². The monoisotopic (exact) mass is 316 g/mol. The van der Waals surface area contributed by atoms with Crippen LogP contribution in [0.2, 0.25) is 0 Å². The second kappa shape index (κ2) is 7.93. The molecule has 1 aliphatic heterocycles. The van der Waals surface area contributed by atoms with Crippen LogP contribution < -0.4 is 5.32 Å². The number of aliphatic hydroxyl groups is 1. The third kappa shape index (κ3) is 4.12. The normalized spacial score (nSPS) is 22.6. The summed E-state index contributed by atoms with van der Waals surface area (Å²) in [7, 11) is 0. The smallest absolute Gasteiger partial charge is 0.223 e. The number of carbonyl (C=O) groups is 1. The number of hydrogen-bond acceptors (Lipinski definition) is 3. The second-order valence-electron chi connectivity index (χ2n) is 6.92. The van der Waals surface area contributed by atoms with E-state index >= 15 is 0 Å². The number of nitrogens with one attached hydrogen (secondary N) is 1. The van der Waals surface area contributed by atoms with E-state index in [-0.39, 0.29) is 24.5 Å². The molecule has 2 fully saturated rings. The average molecular weight is 316 g/mol. The predicted molar refractivity (Wildman–Crippen MR) is 90.8 cm³/mol. The van der Waals surface area contributed by atoms with Crippen LogP contribution in [0.4, 0.5) is 0 Å². The molecular weight excluding hydrogens is 288 g/mol. The quantitative estimate of drug-likeness (QED) is 0.847. The molecule has 1 aliphatic carbocycles. The lowest BCUT2D eigenvalue weighted by atomic mass is 10.0. The lowest BCUT2D eigenvalue weighted by Crippen LogP contribution is -2.33. The first-order valence-electron chi connectivity index (χ1n) is 8.97. The molecule has 3 rings (SSSR count). The van der Waals surface area contributed by atoms with E-state index in [4.69, 9.17) is 0 Å². The van der Waals surface area contributed by atoms with Gasteiger partial charge in [-0.2, -0.15) is 0 Å². The van der Waals surface area contributed by atoms with Gasteiger partial charge in [-0.1, -0.05) is 37.1 Å². The number of nitrogens with zero attached hydrogens (tertiary/aromatic N) is 1. The van der Waals surface area contributed by atoms with Crippen molar-refractivity contribution in [3.63, 3.8) is 0 Å². The van der Waals surface area contributed by atoms with Crippen LogP contribution in [0.15, 0.2) is 24.3 Å². The summed E-state index contributed by atoms with van der Waals surface area (Å²) in [6, 6.07) is 8.63. The fourth-order valence-electron chi connectivity index (χ4n) is 3.93. The molecule has 1 aromatic carbocycles. The molecule has 0 bridgehead atoms. The van der Waals surface area contributed by atoms with Crippen molar-refractivity contribution in [1.82, 2.24) is 10.2 Å². The van der Waals surface area contributed by atoms with Gasteiger partial charge >= 0.3 is 0 Å². The molecule has 1 aromatic rings. The SMILES string of the molecule is O=C(NCc1ccccc1CN1CCCC1CO)C1CCCC1. The van der Waals surface area contributed by atoms with Gasteiger partial charge in [0.25, 0.3) is 0 Å². The summed E-state index contributed by atoms with van der Waals surface area (Å²) < 4.78 is 0. The van der Waals surface area contributed by atoms with Crippen molar-refractivity contribution in [3.8, 4) is 0 Å². The van der Waals surface area contributed by atoms with Crippen LogP contribution >= 0.6 is 0 Å². The molecule has 0 aromatic heterocycles. The Morgan fingerprint density at radius 3 is 2.61 bits per heavy atom. The summed E-state index contributed by atoms with van der Waals surface area (Å²) in [5.41, 5.74) is 2.46. The van der Waals surface area contributed by atoms with Crippen LogP contribution in [0.3, 0.4) is 0 Å². The highest BCUT2D eigenvalue weighted by Gasteiger charge is 2.25. The van der Waals surface area contributed by atoms with E-state index in [0.717, 1.165) is 38.8 Å².